The van der Waals surface area contributed by atoms with E-state index in [1.807, 2.05) is 12.1 Å². The second-order valence-corrected chi connectivity index (χ2v) is 9.35. The largest absolute Gasteiger partial charge is 0.290 e. The van der Waals surface area contributed by atoms with Crippen LogP contribution in [0, 0.1) is 5.92 Å². The van der Waals surface area contributed by atoms with Gasteiger partial charge in [0.05, 0.1) is 16.5 Å². The molecule has 0 saturated carbocycles. The van der Waals surface area contributed by atoms with Crippen molar-refractivity contribution in [2.24, 2.45) is 11.0 Å². The number of benzene rings is 3. The minimum Gasteiger partial charge on any atom is -0.290 e. The van der Waals surface area contributed by atoms with Gasteiger partial charge in [0, 0.05) is 0 Å². The summed E-state index contributed by atoms with van der Waals surface area (Å²) in [5.74, 6) is -2.35. The Morgan fingerprint density at radius 1 is 0.719 bits per heavy atom. The van der Waals surface area contributed by atoms with Gasteiger partial charge in [0.1, 0.15) is 6.04 Å². The maximum absolute atomic E-state index is 13.6. The third kappa shape index (κ3) is 3.18. The molecule has 5 rings (SSSR count). The molecule has 0 radical (unpaired) electrons. The van der Waals surface area contributed by atoms with Crippen molar-refractivity contribution in [3.63, 3.8) is 0 Å². The summed E-state index contributed by atoms with van der Waals surface area (Å²) < 4.78 is 28.3. The molecule has 2 atom stereocenters. The molecule has 158 valence electrons. The van der Waals surface area contributed by atoms with E-state index in [4.69, 9.17) is 0 Å². The molecule has 3 aromatic rings. The fraction of sp³-hybridized carbons (Fsp3) is 0.0800. The molecule has 0 aromatic heterocycles. The van der Waals surface area contributed by atoms with Crippen molar-refractivity contribution in [2.45, 2.75) is 10.9 Å². The van der Waals surface area contributed by atoms with Crippen LogP contribution in [0.3, 0.4) is 0 Å². The van der Waals surface area contributed by atoms with Crippen LogP contribution in [0.15, 0.2) is 107 Å². The van der Waals surface area contributed by atoms with Crippen LogP contribution in [0.4, 0.5) is 0 Å². The Morgan fingerprint density at radius 2 is 1.25 bits per heavy atom. The monoisotopic (exact) mass is 442 g/mol. The summed E-state index contributed by atoms with van der Waals surface area (Å²) in [4.78, 5) is 25.8. The van der Waals surface area contributed by atoms with Crippen LogP contribution in [0.1, 0.15) is 11.1 Å². The van der Waals surface area contributed by atoms with Crippen LogP contribution in [0.25, 0.3) is 5.57 Å². The molecule has 1 aliphatic heterocycles. The van der Waals surface area contributed by atoms with Crippen molar-refractivity contribution in [3.8, 4) is 0 Å². The SMILES string of the molecule is O=C1C=C(c2ccccc2)C2C(C1=O)C(c1ccccc1)=NN2S(=O)(=O)c1ccccc1. The van der Waals surface area contributed by atoms with Gasteiger partial charge in [-0.15, -0.1) is 0 Å². The molecular weight excluding hydrogens is 424 g/mol. The van der Waals surface area contributed by atoms with Crippen LogP contribution in [-0.4, -0.2) is 36.2 Å². The van der Waals surface area contributed by atoms with E-state index in [-0.39, 0.29) is 10.6 Å². The Kier molecular flexibility index (Phi) is 4.83. The lowest BCUT2D eigenvalue weighted by atomic mass is 9.77. The average molecular weight is 442 g/mol. The minimum atomic E-state index is -4.09. The highest BCUT2D eigenvalue weighted by Gasteiger charge is 2.52. The predicted octanol–water partition coefficient (Wildman–Crippen LogP) is 3.32. The first-order chi connectivity index (χ1) is 15.5. The van der Waals surface area contributed by atoms with Crippen molar-refractivity contribution in [2.75, 3.05) is 0 Å². The van der Waals surface area contributed by atoms with Crippen molar-refractivity contribution in [1.82, 2.24) is 4.41 Å². The molecule has 0 amide bonds. The van der Waals surface area contributed by atoms with Crippen molar-refractivity contribution >= 4 is 32.9 Å². The first-order valence-corrected chi connectivity index (χ1v) is 11.5. The van der Waals surface area contributed by atoms with Gasteiger partial charge < -0.3 is 0 Å². The molecule has 0 spiro atoms. The first-order valence-electron chi connectivity index (χ1n) is 10.1. The fourth-order valence-electron chi connectivity index (χ4n) is 4.16. The van der Waals surface area contributed by atoms with Crippen molar-refractivity contribution < 1.29 is 18.0 Å². The van der Waals surface area contributed by atoms with E-state index in [9.17, 15) is 18.0 Å². The Labute approximate surface area is 185 Å². The smallest absolute Gasteiger partial charge is 0.279 e. The fourth-order valence-corrected chi connectivity index (χ4v) is 5.61. The number of carbonyl (C=O) groups excluding carboxylic acids is 2. The van der Waals surface area contributed by atoms with Gasteiger partial charge in [-0.05, 0) is 34.9 Å². The lowest BCUT2D eigenvalue weighted by Crippen LogP contribution is -2.46. The van der Waals surface area contributed by atoms with Crippen LogP contribution in [-0.2, 0) is 19.6 Å². The van der Waals surface area contributed by atoms with E-state index in [2.05, 4.69) is 5.10 Å². The quantitative estimate of drug-likeness (QED) is 0.581. The summed E-state index contributed by atoms with van der Waals surface area (Å²) in [6.07, 6.45) is 1.25. The maximum Gasteiger partial charge on any atom is 0.279 e. The second-order valence-electron chi connectivity index (χ2n) is 7.56. The zero-order valence-corrected chi connectivity index (χ0v) is 17.6. The van der Waals surface area contributed by atoms with Crippen molar-refractivity contribution in [1.29, 1.82) is 0 Å². The third-order valence-electron chi connectivity index (χ3n) is 5.65. The van der Waals surface area contributed by atoms with Gasteiger partial charge in [0.25, 0.3) is 10.0 Å². The van der Waals surface area contributed by atoms with Gasteiger partial charge in [-0.2, -0.15) is 17.9 Å². The van der Waals surface area contributed by atoms with Gasteiger partial charge in [-0.1, -0.05) is 78.9 Å². The summed E-state index contributed by atoms with van der Waals surface area (Å²) in [6.45, 7) is 0. The Hall–Kier alpha value is -3.84. The molecule has 0 fully saturated rings. The van der Waals surface area contributed by atoms with E-state index >= 15 is 0 Å². The van der Waals surface area contributed by atoms with Gasteiger partial charge in [-0.25, -0.2) is 0 Å². The van der Waals surface area contributed by atoms with Crippen LogP contribution < -0.4 is 0 Å². The summed E-state index contributed by atoms with van der Waals surface area (Å²) in [6, 6.07) is 24.9. The van der Waals surface area contributed by atoms with Gasteiger partial charge >= 0.3 is 0 Å². The standard InChI is InChI=1S/C25H18N2O4S/c28-21-16-20(17-10-4-1-5-11-17)24-22(25(21)29)23(18-12-6-2-7-13-18)26-27(24)32(30,31)19-14-8-3-9-15-19/h1-16,22,24H. The highest BCUT2D eigenvalue weighted by atomic mass is 32.2. The molecule has 2 aliphatic rings. The van der Waals surface area contributed by atoms with E-state index in [1.165, 1.54) is 18.2 Å². The van der Waals surface area contributed by atoms with Crippen LogP contribution >= 0.6 is 0 Å². The summed E-state index contributed by atoms with van der Waals surface area (Å²) >= 11 is 0. The molecule has 2 unspecified atom stereocenters. The summed E-state index contributed by atoms with van der Waals surface area (Å²) in [7, 11) is -4.09. The highest BCUT2D eigenvalue weighted by Crippen LogP contribution is 2.41. The highest BCUT2D eigenvalue weighted by molar-refractivity contribution is 7.89. The Morgan fingerprint density at radius 3 is 1.84 bits per heavy atom. The number of ketones is 2. The molecule has 0 saturated heterocycles. The number of sulfonamides is 1. The molecule has 3 aromatic carbocycles. The average Bonchev–Trinajstić information content (AvgIpc) is 3.25. The number of fused-ring (bicyclic) bond motifs is 1. The number of allylic oxidation sites excluding steroid dienone is 1. The number of hydrogen-bond donors (Lipinski definition) is 0. The van der Waals surface area contributed by atoms with E-state index in [1.54, 1.807) is 66.7 Å². The predicted molar refractivity (Wildman–Crippen MR) is 120 cm³/mol. The van der Waals surface area contributed by atoms with Crippen molar-refractivity contribution in [3.05, 3.63) is 108 Å². The lowest BCUT2D eigenvalue weighted by Gasteiger charge is -2.31. The zero-order valence-electron chi connectivity index (χ0n) is 16.8. The summed E-state index contributed by atoms with van der Waals surface area (Å²) in [5, 5.41) is 4.46. The molecule has 0 bridgehead atoms. The number of hydrazone groups is 1. The Bertz CT molecular complexity index is 1370. The lowest BCUT2D eigenvalue weighted by molar-refractivity contribution is -0.135. The molecular formula is C25H18N2O4S. The molecule has 32 heavy (non-hydrogen) atoms. The van der Waals surface area contributed by atoms with Gasteiger partial charge in [0.15, 0.2) is 0 Å². The van der Waals surface area contributed by atoms with E-state index in [0.717, 1.165) is 4.41 Å². The molecule has 7 heteroatoms. The van der Waals surface area contributed by atoms with Crippen LogP contribution in [0.2, 0.25) is 0 Å². The molecule has 6 nitrogen and oxygen atoms in total. The van der Waals surface area contributed by atoms with Gasteiger partial charge in [-0.3, -0.25) is 9.59 Å². The first kappa shape index (κ1) is 20.1. The molecule has 1 aliphatic carbocycles. The number of hydrogen-bond acceptors (Lipinski definition) is 5. The minimum absolute atomic E-state index is 0.0635. The maximum atomic E-state index is 13.6. The van der Waals surface area contributed by atoms with E-state index in [0.29, 0.717) is 16.7 Å². The second kappa shape index (κ2) is 7.69. The summed E-state index contributed by atoms with van der Waals surface area (Å²) in [5.41, 5.74) is 1.99. The molecule has 1 heterocycles. The zero-order chi connectivity index (χ0) is 22.3. The number of carbonyl (C=O) groups is 2. The third-order valence-corrected chi connectivity index (χ3v) is 7.32. The van der Waals surface area contributed by atoms with Gasteiger partial charge in [0.2, 0.25) is 11.6 Å². The Balaban J connectivity index is 1.74. The topological polar surface area (TPSA) is 83.9 Å². The van der Waals surface area contributed by atoms with E-state index < -0.39 is 33.5 Å². The van der Waals surface area contributed by atoms with Crippen LogP contribution in [0.5, 0.6) is 0 Å². The normalized spacial score (nSPS) is 20.6. The number of Topliss-reactive ketones (excluding diaryl/α,β-unsaturated/α-hetero) is 1. The number of rotatable bonds is 4. The number of nitrogens with zero attached hydrogens (tertiary/aromatic N) is 2. The molecule has 0 N–H and O–H groups in total.